The van der Waals surface area contributed by atoms with E-state index in [0.29, 0.717) is 5.92 Å². The summed E-state index contributed by atoms with van der Waals surface area (Å²) in [7, 11) is 0. The number of halogens is 1. The highest BCUT2D eigenvalue weighted by Gasteiger charge is 2.20. The summed E-state index contributed by atoms with van der Waals surface area (Å²) in [6, 6.07) is 49.4. The van der Waals surface area contributed by atoms with Gasteiger partial charge < -0.3 is 9.47 Å². The smallest absolute Gasteiger partial charge is 0.0561 e. The number of hydrogen-bond acceptors (Lipinski definition) is 1. The number of rotatable bonds is 5. The van der Waals surface area contributed by atoms with Crippen molar-refractivity contribution in [2.45, 2.75) is 38.0 Å². The van der Waals surface area contributed by atoms with Gasteiger partial charge in [0.15, 0.2) is 0 Å². The number of nitrogens with zero attached hydrogens (tertiary/aromatic N) is 2. The van der Waals surface area contributed by atoms with Gasteiger partial charge in [0.25, 0.3) is 0 Å². The quantitative estimate of drug-likeness (QED) is 0.166. The molecule has 1 aliphatic rings. The SMILES string of the molecule is Ic1ccc2c3ccc(N(c4cccc(C5CCCCC5)c4)c4ccc5ccccc5c4)cc3n(-c3ccccc3)c2c1. The van der Waals surface area contributed by atoms with Crippen molar-refractivity contribution in [3.63, 3.8) is 0 Å². The van der Waals surface area contributed by atoms with Crippen LogP contribution in [-0.4, -0.2) is 4.57 Å². The number of benzene rings is 6. The van der Waals surface area contributed by atoms with Crippen LogP contribution in [0, 0.1) is 3.57 Å². The van der Waals surface area contributed by atoms with Crippen LogP contribution in [0.2, 0.25) is 0 Å². The van der Waals surface area contributed by atoms with Gasteiger partial charge in [0.05, 0.1) is 11.0 Å². The van der Waals surface area contributed by atoms with E-state index in [1.54, 1.807) is 0 Å². The van der Waals surface area contributed by atoms with Crippen LogP contribution in [0.3, 0.4) is 0 Å². The molecule has 7 aromatic rings. The zero-order valence-electron chi connectivity index (χ0n) is 24.1. The first kappa shape index (κ1) is 26.5. The van der Waals surface area contributed by atoms with Gasteiger partial charge in [-0.1, -0.05) is 92.1 Å². The third-order valence-electron chi connectivity index (χ3n) is 9.18. The van der Waals surface area contributed by atoms with Crippen LogP contribution < -0.4 is 4.90 Å². The standard InChI is InChI=1S/C40H33IN2/c41-32-19-22-37-38-23-21-36(27-40(38)43(39(37)26-32)33-15-5-2-6-16-33)42(35-20-18-29-12-7-8-13-30(29)25-35)34-17-9-14-31(24-34)28-10-3-1-4-11-28/h2,5-9,12-28H,1,3-4,10-11H2. The fourth-order valence-corrected chi connectivity index (χ4v) is 7.57. The Bertz CT molecular complexity index is 2090. The van der Waals surface area contributed by atoms with Gasteiger partial charge in [0.1, 0.15) is 0 Å². The van der Waals surface area contributed by atoms with Gasteiger partial charge in [-0.15, -0.1) is 0 Å². The van der Waals surface area contributed by atoms with Crippen molar-refractivity contribution in [1.29, 1.82) is 0 Å². The molecule has 0 bridgehead atoms. The Morgan fingerprint density at radius 2 is 1.21 bits per heavy atom. The van der Waals surface area contributed by atoms with Crippen LogP contribution in [-0.2, 0) is 0 Å². The summed E-state index contributed by atoms with van der Waals surface area (Å²) in [4.78, 5) is 2.45. The summed E-state index contributed by atoms with van der Waals surface area (Å²) in [6.07, 6.45) is 6.63. The van der Waals surface area contributed by atoms with Gasteiger partial charge in [0.2, 0.25) is 0 Å². The maximum absolute atomic E-state index is 2.45. The van der Waals surface area contributed by atoms with E-state index >= 15 is 0 Å². The van der Waals surface area contributed by atoms with Crippen molar-refractivity contribution in [3.05, 3.63) is 143 Å². The summed E-state index contributed by atoms with van der Waals surface area (Å²) in [5, 5.41) is 5.06. The normalized spacial score (nSPS) is 14.1. The van der Waals surface area contributed by atoms with Crippen molar-refractivity contribution >= 4 is 72.2 Å². The Labute approximate surface area is 266 Å². The Morgan fingerprint density at radius 1 is 0.535 bits per heavy atom. The first-order chi connectivity index (χ1) is 21.2. The molecular formula is C40H33IN2. The lowest BCUT2D eigenvalue weighted by atomic mass is 9.84. The minimum Gasteiger partial charge on any atom is -0.310 e. The van der Waals surface area contributed by atoms with Crippen molar-refractivity contribution in [2.24, 2.45) is 0 Å². The molecule has 0 spiro atoms. The highest BCUT2D eigenvalue weighted by Crippen LogP contribution is 2.42. The van der Waals surface area contributed by atoms with Crippen molar-refractivity contribution in [1.82, 2.24) is 4.57 Å². The Hall–Kier alpha value is -4.09. The van der Waals surface area contributed by atoms with Gasteiger partial charge in [-0.3, -0.25) is 0 Å². The molecule has 0 amide bonds. The third-order valence-corrected chi connectivity index (χ3v) is 9.85. The van der Waals surface area contributed by atoms with Gasteiger partial charge in [-0.05, 0) is 118 Å². The zero-order chi connectivity index (χ0) is 28.8. The van der Waals surface area contributed by atoms with Crippen LogP contribution in [0.25, 0.3) is 38.3 Å². The molecule has 1 saturated carbocycles. The molecule has 6 aromatic carbocycles. The van der Waals surface area contributed by atoms with Crippen LogP contribution in [0.4, 0.5) is 17.1 Å². The van der Waals surface area contributed by atoms with Gasteiger partial charge in [0, 0.05) is 37.1 Å². The topological polar surface area (TPSA) is 8.17 Å². The van der Waals surface area contributed by atoms with E-state index in [0.717, 1.165) is 0 Å². The first-order valence-electron chi connectivity index (χ1n) is 15.4. The van der Waals surface area contributed by atoms with Gasteiger partial charge in [-0.25, -0.2) is 0 Å². The summed E-state index contributed by atoms with van der Waals surface area (Å²) in [6.45, 7) is 0. The second-order valence-electron chi connectivity index (χ2n) is 11.8. The maximum atomic E-state index is 2.45. The van der Waals surface area contributed by atoms with E-state index in [4.69, 9.17) is 0 Å². The molecule has 1 aromatic heterocycles. The highest BCUT2D eigenvalue weighted by molar-refractivity contribution is 14.1. The van der Waals surface area contributed by atoms with Crippen LogP contribution >= 0.6 is 22.6 Å². The summed E-state index contributed by atoms with van der Waals surface area (Å²) >= 11 is 2.43. The second-order valence-corrected chi connectivity index (χ2v) is 13.1. The minimum atomic E-state index is 0.651. The van der Waals surface area contributed by atoms with Crippen molar-refractivity contribution in [2.75, 3.05) is 4.90 Å². The molecule has 210 valence electrons. The Morgan fingerprint density at radius 3 is 2.05 bits per heavy atom. The average molecular weight is 669 g/mol. The average Bonchev–Trinajstić information content (AvgIpc) is 3.38. The molecule has 1 heterocycles. The largest absolute Gasteiger partial charge is 0.310 e. The van der Waals surface area contributed by atoms with Gasteiger partial charge >= 0.3 is 0 Å². The van der Waals surface area contributed by atoms with E-state index in [1.807, 2.05) is 0 Å². The summed E-state index contributed by atoms with van der Waals surface area (Å²) < 4.78 is 3.66. The lowest BCUT2D eigenvalue weighted by molar-refractivity contribution is 0.443. The molecule has 2 nitrogen and oxygen atoms in total. The molecule has 0 aliphatic heterocycles. The minimum absolute atomic E-state index is 0.651. The van der Waals surface area contributed by atoms with Crippen LogP contribution in [0.15, 0.2) is 133 Å². The zero-order valence-corrected chi connectivity index (χ0v) is 26.2. The van der Waals surface area contributed by atoms with E-state index in [9.17, 15) is 0 Å². The predicted molar refractivity (Wildman–Crippen MR) is 192 cm³/mol. The molecule has 1 fully saturated rings. The summed E-state index contributed by atoms with van der Waals surface area (Å²) in [5.74, 6) is 0.651. The molecule has 8 rings (SSSR count). The van der Waals surface area contributed by atoms with Crippen molar-refractivity contribution in [3.8, 4) is 5.69 Å². The number of para-hydroxylation sites is 1. The third kappa shape index (κ3) is 4.90. The van der Waals surface area contributed by atoms with Crippen molar-refractivity contribution < 1.29 is 0 Å². The highest BCUT2D eigenvalue weighted by atomic mass is 127. The summed E-state index contributed by atoms with van der Waals surface area (Å²) in [5.41, 5.74) is 8.66. The maximum Gasteiger partial charge on any atom is 0.0561 e. The molecule has 43 heavy (non-hydrogen) atoms. The number of anilines is 3. The molecule has 0 atom stereocenters. The second kappa shape index (κ2) is 11.2. The van der Waals surface area contributed by atoms with Crippen LogP contribution in [0.1, 0.15) is 43.6 Å². The predicted octanol–water partition coefficient (Wildman–Crippen LogP) is 12.1. The fourth-order valence-electron chi connectivity index (χ4n) is 7.09. The number of aromatic nitrogens is 1. The monoisotopic (exact) mass is 668 g/mol. The lowest BCUT2D eigenvalue weighted by Crippen LogP contribution is -2.11. The Balaban J connectivity index is 1.36. The number of hydrogen-bond donors (Lipinski definition) is 0. The van der Waals surface area contributed by atoms with Crippen LogP contribution in [0.5, 0.6) is 0 Å². The fraction of sp³-hybridized carbons (Fsp3) is 0.150. The molecule has 0 saturated heterocycles. The molecule has 0 unspecified atom stereocenters. The lowest BCUT2D eigenvalue weighted by Gasteiger charge is -2.28. The molecule has 0 radical (unpaired) electrons. The first-order valence-corrected chi connectivity index (χ1v) is 16.5. The molecule has 0 N–H and O–H groups in total. The molecule has 3 heteroatoms. The number of fused-ring (bicyclic) bond motifs is 4. The Kier molecular flexibility index (Phi) is 6.91. The molecular weight excluding hydrogens is 635 g/mol. The van der Waals surface area contributed by atoms with Gasteiger partial charge in [-0.2, -0.15) is 0 Å². The van der Waals surface area contributed by atoms with E-state index < -0.39 is 0 Å². The van der Waals surface area contributed by atoms with E-state index in [2.05, 4.69) is 166 Å². The van der Waals surface area contributed by atoms with E-state index in [1.165, 1.54) is 96.6 Å². The molecule has 1 aliphatic carbocycles. The van der Waals surface area contributed by atoms with E-state index in [-0.39, 0.29) is 0 Å².